The van der Waals surface area contributed by atoms with Gasteiger partial charge in [-0.15, -0.1) is 0 Å². The third-order valence-electron chi connectivity index (χ3n) is 3.57. The zero-order chi connectivity index (χ0) is 18.0. The second kappa shape index (κ2) is 6.61. The summed E-state index contributed by atoms with van der Waals surface area (Å²) in [5.41, 5.74) is 0.438. The van der Waals surface area contributed by atoms with Crippen LogP contribution in [0.15, 0.2) is 29.6 Å². The van der Waals surface area contributed by atoms with Crippen LogP contribution in [0.4, 0.5) is 5.69 Å². The van der Waals surface area contributed by atoms with Gasteiger partial charge in [0.2, 0.25) is 0 Å². The second-order valence-corrected chi connectivity index (χ2v) is 5.48. The Labute approximate surface area is 139 Å². The van der Waals surface area contributed by atoms with Gasteiger partial charge in [-0.2, -0.15) is 0 Å². The normalized spacial score (nSPS) is 14.2. The predicted octanol–water partition coefficient (Wildman–Crippen LogP) is 0.326. The molecule has 1 aliphatic heterocycles. The van der Waals surface area contributed by atoms with Crippen molar-refractivity contribution in [1.82, 2.24) is 15.1 Å². The zero-order valence-corrected chi connectivity index (χ0v) is 14.0. The Morgan fingerprint density at radius 1 is 1.21 bits per heavy atom. The van der Waals surface area contributed by atoms with Crippen LogP contribution in [0.1, 0.15) is 17.3 Å². The van der Waals surface area contributed by atoms with Gasteiger partial charge in [0.25, 0.3) is 17.7 Å². The van der Waals surface area contributed by atoms with Gasteiger partial charge in [-0.25, -0.2) is 0 Å². The predicted molar refractivity (Wildman–Crippen MR) is 88.2 cm³/mol. The van der Waals surface area contributed by atoms with Crippen molar-refractivity contribution in [3.8, 4) is 5.75 Å². The van der Waals surface area contributed by atoms with Gasteiger partial charge >= 0.3 is 0 Å². The van der Waals surface area contributed by atoms with E-state index in [1.807, 2.05) is 0 Å². The van der Waals surface area contributed by atoms with Crippen LogP contribution >= 0.6 is 0 Å². The van der Waals surface area contributed by atoms with Crippen molar-refractivity contribution in [1.29, 1.82) is 0 Å². The molecule has 0 aliphatic carbocycles. The van der Waals surface area contributed by atoms with Crippen LogP contribution in [-0.2, 0) is 9.59 Å². The van der Waals surface area contributed by atoms with Crippen molar-refractivity contribution in [3.63, 3.8) is 0 Å². The Kier molecular flexibility index (Phi) is 4.77. The number of phenols is 1. The lowest BCUT2D eigenvalue weighted by atomic mass is 10.1. The molecule has 1 aliphatic rings. The summed E-state index contributed by atoms with van der Waals surface area (Å²) in [6.07, 6.45) is 0. The number of aromatic hydroxyl groups is 1. The molecule has 0 bridgehead atoms. The number of nitrogens with one attached hydrogen (secondary N) is 2. The van der Waals surface area contributed by atoms with Gasteiger partial charge in [0.15, 0.2) is 5.75 Å². The fourth-order valence-corrected chi connectivity index (χ4v) is 2.29. The molecular formula is C16H20N4O4. The highest BCUT2D eigenvalue weighted by Gasteiger charge is 2.36. The number of anilines is 1. The maximum absolute atomic E-state index is 12.2. The van der Waals surface area contributed by atoms with Crippen molar-refractivity contribution in [2.45, 2.75) is 6.92 Å². The van der Waals surface area contributed by atoms with E-state index in [2.05, 4.69) is 10.6 Å². The summed E-state index contributed by atoms with van der Waals surface area (Å²) in [6.45, 7) is 2.26. The van der Waals surface area contributed by atoms with E-state index in [1.54, 1.807) is 27.1 Å². The van der Waals surface area contributed by atoms with E-state index in [9.17, 15) is 19.5 Å². The summed E-state index contributed by atoms with van der Waals surface area (Å²) >= 11 is 0. The van der Waals surface area contributed by atoms with Crippen molar-refractivity contribution in [2.75, 3.05) is 33.0 Å². The van der Waals surface area contributed by atoms with Crippen molar-refractivity contribution < 1.29 is 19.5 Å². The molecule has 8 nitrogen and oxygen atoms in total. The monoisotopic (exact) mass is 332 g/mol. The number of likely N-dealkylation sites (N-methyl/N-ethyl adjacent to an activating group) is 2. The number of phenolic OH excluding ortho intramolecular Hbond substituents is 1. The van der Waals surface area contributed by atoms with Crippen LogP contribution in [0.5, 0.6) is 5.75 Å². The Balaban J connectivity index is 2.43. The number of hydrogen-bond acceptors (Lipinski definition) is 6. The molecule has 0 aromatic heterocycles. The molecule has 2 rings (SSSR count). The van der Waals surface area contributed by atoms with E-state index in [1.165, 1.54) is 24.1 Å². The standard InChI is InChI=1S/C16H20N4O4/c1-5-17-11-12(16(24)20(4)15(11)23)18-10-8-6-7-9(13(10)21)14(22)19(2)3/h6-8,17-18,21H,5H2,1-4H3. The molecule has 0 atom stereocenters. The molecule has 1 aromatic carbocycles. The lowest BCUT2D eigenvalue weighted by molar-refractivity contribution is -0.136. The minimum Gasteiger partial charge on any atom is -0.505 e. The Morgan fingerprint density at radius 2 is 1.83 bits per heavy atom. The first kappa shape index (κ1) is 17.3. The van der Waals surface area contributed by atoms with E-state index in [-0.39, 0.29) is 34.3 Å². The van der Waals surface area contributed by atoms with Crippen LogP contribution in [-0.4, -0.2) is 60.3 Å². The second-order valence-electron chi connectivity index (χ2n) is 5.48. The topological polar surface area (TPSA) is 102 Å². The van der Waals surface area contributed by atoms with Crippen molar-refractivity contribution >= 4 is 23.4 Å². The molecule has 0 fully saturated rings. The van der Waals surface area contributed by atoms with Gasteiger partial charge in [-0.1, -0.05) is 6.07 Å². The number of nitrogens with zero attached hydrogens (tertiary/aromatic N) is 2. The van der Waals surface area contributed by atoms with Gasteiger partial charge in [0, 0.05) is 27.7 Å². The largest absolute Gasteiger partial charge is 0.505 e. The van der Waals surface area contributed by atoms with Gasteiger partial charge in [0.1, 0.15) is 11.4 Å². The minimum absolute atomic E-state index is 0.0362. The number of para-hydroxylation sites is 1. The fraction of sp³-hybridized carbons (Fsp3) is 0.312. The number of carbonyl (C=O) groups is 3. The van der Waals surface area contributed by atoms with E-state index in [4.69, 9.17) is 0 Å². The lowest BCUT2D eigenvalue weighted by Crippen LogP contribution is -2.29. The van der Waals surface area contributed by atoms with Gasteiger partial charge in [-0.3, -0.25) is 19.3 Å². The molecule has 0 radical (unpaired) electrons. The number of benzene rings is 1. The maximum Gasteiger partial charge on any atom is 0.279 e. The number of amides is 3. The zero-order valence-electron chi connectivity index (χ0n) is 14.0. The number of carbonyl (C=O) groups excluding carboxylic acids is 3. The first-order valence-electron chi connectivity index (χ1n) is 7.40. The van der Waals surface area contributed by atoms with Gasteiger partial charge in [0.05, 0.1) is 11.3 Å². The highest BCUT2D eigenvalue weighted by molar-refractivity contribution is 6.20. The van der Waals surface area contributed by atoms with Crippen LogP contribution in [0.3, 0.4) is 0 Å². The Morgan fingerprint density at radius 3 is 2.42 bits per heavy atom. The van der Waals surface area contributed by atoms with E-state index in [0.29, 0.717) is 6.54 Å². The Hall–Kier alpha value is -3.03. The summed E-state index contributed by atoms with van der Waals surface area (Å²) in [7, 11) is 4.52. The summed E-state index contributed by atoms with van der Waals surface area (Å²) in [5, 5.41) is 16.0. The molecule has 0 saturated carbocycles. The average molecular weight is 332 g/mol. The molecule has 1 aromatic rings. The molecule has 0 unspecified atom stereocenters. The lowest BCUT2D eigenvalue weighted by Gasteiger charge is -2.15. The number of hydrogen-bond donors (Lipinski definition) is 3. The molecule has 8 heteroatoms. The summed E-state index contributed by atoms with van der Waals surface area (Å²) < 4.78 is 0. The van der Waals surface area contributed by atoms with Crippen LogP contribution < -0.4 is 10.6 Å². The third kappa shape index (κ3) is 2.90. The van der Waals surface area contributed by atoms with E-state index >= 15 is 0 Å². The molecule has 0 saturated heterocycles. The average Bonchev–Trinajstić information content (AvgIpc) is 2.74. The van der Waals surface area contributed by atoms with E-state index in [0.717, 1.165) is 4.90 Å². The summed E-state index contributed by atoms with van der Waals surface area (Å²) in [4.78, 5) is 38.7. The molecule has 0 spiro atoms. The van der Waals surface area contributed by atoms with Crippen LogP contribution in [0.2, 0.25) is 0 Å². The minimum atomic E-state index is -0.514. The molecule has 1 heterocycles. The molecule has 3 amide bonds. The van der Waals surface area contributed by atoms with Crippen LogP contribution in [0.25, 0.3) is 0 Å². The van der Waals surface area contributed by atoms with Gasteiger partial charge < -0.3 is 20.6 Å². The fourth-order valence-electron chi connectivity index (χ4n) is 2.29. The Bertz CT molecular complexity index is 740. The highest BCUT2D eigenvalue weighted by Crippen LogP contribution is 2.31. The quantitative estimate of drug-likeness (QED) is 0.530. The molecule has 3 N–H and O–H groups in total. The summed E-state index contributed by atoms with van der Waals surface area (Å²) in [6, 6.07) is 4.59. The maximum atomic E-state index is 12.2. The first-order valence-corrected chi connectivity index (χ1v) is 7.40. The number of imide groups is 1. The SMILES string of the molecule is CCNC1=C(Nc2cccc(C(=O)N(C)C)c2O)C(=O)N(C)C1=O. The first-order chi connectivity index (χ1) is 11.3. The van der Waals surface area contributed by atoms with E-state index < -0.39 is 11.8 Å². The van der Waals surface area contributed by atoms with Crippen molar-refractivity contribution in [2.24, 2.45) is 0 Å². The molecule has 24 heavy (non-hydrogen) atoms. The van der Waals surface area contributed by atoms with Gasteiger partial charge in [-0.05, 0) is 19.1 Å². The number of rotatable bonds is 5. The van der Waals surface area contributed by atoms with Crippen LogP contribution in [0, 0.1) is 0 Å². The smallest absolute Gasteiger partial charge is 0.279 e. The summed E-state index contributed by atoms with van der Waals surface area (Å²) in [5.74, 6) is -1.62. The third-order valence-corrected chi connectivity index (χ3v) is 3.57. The molecule has 128 valence electrons. The highest BCUT2D eigenvalue weighted by atomic mass is 16.3. The van der Waals surface area contributed by atoms with Crippen molar-refractivity contribution in [3.05, 3.63) is 35.2 Å². The molecular weight excluding hydrogens is 312 g/mol.